The molecule has 0 bridgehead atoms. The number of hydrogen-bond donors (Lipinski definition) is 1. The van der Waals surface area contributed by atoms with Crippen molar-refractivity contribution in [2.75, 3.05) is 19.7 Å². The molecule has 0 aliphatic carbocycles. The lowest BCUT2D eigenvalue weighted by Gasteiger charge is -2.11. The Morgan fingerprint density at radius 2 is 2.06 bits per heavy atom. The predicted octanol–water partition coefficient (Wildman–Crippen LogP) is 2.12. The van der Waals surface area contributed by atoms with Crippen LogP contribution in [-0.4, -0.2) is 31.8 Å². The Morgan fingerprint density at radius 3 is 2.56 bits per heavy atom. The maximum atomic E-state index is 11.8. The van der Waals surface area contributed by atoms with Crippen molar-refractivity contribution in [1.82, 2.24) is 5.32 Å². The Morgan fingerprint density at radius 1 is 1.44 bits per heavy atom. The van der Waals surface area contributed by atoms with E-state index in [1.165, 1.54) is 0 Å². The van der Waals surface area contributed by atoms with Crippen molar-refractivity contribution in [1.29, 1.82) is 0 Å². The van der Waals surface area contributed by atoms with Gasteiger partial charge in [0.1, 0.15) is 0 Å². The lowest BCUT2D eigenvalue weighted by molar-refractivity contribution is -0.147. The van der Waals surface area contributed by atoms with Crippen molar-refractivity contribution in [2.45, 2.75) is 32.9 Å². The number of halogens is 3. The molecule has 0 aromatic rings. The molecule has 0 saturated heterocycles. The Bertz CT molecular complexity index is 207. The largest absolute Gasteiger partial charge is 0.466 e. The van der Waals surface area contributed by atoms with Gasteiger partial charge in [-0.15, -0.1) is 0 Å². The molecular formula is C10H18F3NO2. The van der Waals surface area contributed by atoms with Gasteiger partial charge >= 0.3 is 12.1 Å². The summed E-state index contributed by atoms with van der Waals surface area (Å²) in [6, 6.07) is 0. The molecule has 1 atom stereocenters. The first kappa shape index (κ1) is 15.2. The van der Waals surface area contributed by atoms with Gasteiger partial charge in [0.25, 0.3) is 0 Å². The molecule has 0 amide bonds. The topological polar surface area (TPSA) is 38.3 Å². The van der Waals surface area contributed by atoms with Gasteiger partial charge < -0.3 is 10.1 Å². The van der Waals surface area contributed by atoms with Crippen LogP contribution in [0.2, 0.25) is 0 Å². The highest BCUT2D eigenvalue weighted by molar-refractivity contribution is 5.72. The number of ether oxygens (including phenoxy) is 1. The molecule has 0 fully saturated rings. The van der Waals surface area contributed by atoms with Gasteiger partial charge in [0.2, 0.25) is 0 Å². The molecule has 0 aromatic heterocycles. The predicted molar refractivity (Wildman–Crippen MR) is 54.0 cm³/mol. The zero-order chi connectivity index (χ0) is 12.6. The molecule has 6 heteroatoms. The number of hydrogen-bond acceptors (Lipinski definition) is 3. The fraction of sp³-hybridized carbons (Fsp3) is 0.900. The minimum absolute atomic E-state index is 0.0268. The van der Waals surface area contributed by atoms with E-state index in [1.54, 1.807) is 13.8 Å². The standard InChI is InChI=1S/C10H18F3NO2/c1-3-16-9(15)8(2)7-14-6-4-5-10(11,12)13/h8,14H,3-7H2,1-2H3. The van der Waals surface area contributed by atoms with Crippen LogP contribution in [0.15, 0.2) is 0 Å². The van der Waals surface area contributed by atoms with E-state index in [0.717, 1.165) is 0 Å². The average Bonchev–Trinajstić information content (AvgIpc) is 2.15. The number of rotatable bonds is 7. The van der Waals surface area contributed by atoms with Crippen molar-refractivity contribution in [3.05, 3.63) is 0 Å². The summed E-state index contributed by atoms with van der Waals surface area (Å²) in [5.41, 5.74) is 0. The first-order chi connectivity index (χ1) is 7.37. The van der Waals surface area contributed by atoms with E-state index in [-0.39, 0.29) is 24.9 Å². The quantitative estimate of drug-likeness (QED) is 0.548. The van der Waals surface area contributed by atoms with Crippen molar-refractivity contribution in [2.24, 2.45) is 5.92 Å². The maximum absolute atomic E-state index is 11.8. The minimum Gasteiger partial charge on any atom is -0.466 e. The summed E-state index contributed by atoms with van der Waals surface area (Å²) >= 11 is 0. The third-order valence-corrected chi connectivity index (χ3v) is 1.95. The Hall–Kier alpha value is -0.780. The van der Waals surface area contributed by atoms with E-state index < -0.39 is 12.6 Å². The highest BCUT2D eigenvalue weighted by Crippen LogP contribution is 2.20. The zero-order valence-corrected chi connectivity index (χ0v) is 9.56. The van der Waals surface area contributed by atoms with Crippen LogP contribution in [0.4, 0.5) is 13.2 Å². The highest BCUT2D eigenvalue weighted by atomic mass is 19.4. The monoisotopic (exact) mass is 241 g/mol. The second kappa shape index (κ2) is 7.49. The molecule has 0 radical (unpaired) electrons. The van der Waals surface area contributed by atoms with E-state index in [0.29, 0.717) is 13.2 Å². The third kappa shape index (κ3) is 8.52. The van der Waals surface area contributed by atoms with Crippen molar-refractivity contribution >= 4 is 5.97 Å². The van der Waals surface area contributed by atoms with Gasteiger partial charge in [-0.05, 0) is 19.9 Å². The van der Waals surface area contributed by atoms with Gasteiger partial charge in [-0.2, -0.15) is 13.2 Å². The van der Waals surface area contributed by atoms with Crippen LogP contribution in [0.5, 0.6) is 0 Å². The smallest absolute Gasteiger partial charge is 0.389 e. The van der Waals surface area contributed by atoms with Crippen molar-refractivity contribution in [3.8, 4) is 0 Å². The molecule has 0 heterocycles. The number of alkyl halides is 3. The summed E-state index contributed by atoms with van der Waals surface area (Å²) in [4.78, 5) is 11.1. The van der Waals surface area contributed by atoms with Crippen LogP contribution >= 0.6 is 0 Å². The summed E-state index contributed by atoms with van der Waals surface area (Å²) in [5, 5.41) is 2.80. The Kier molecular flexibility index (Phi) is 7.12. The molecule has 0 rings (SSSR count). The first-order valence-corrected chi connectivity index (χ1v) is 5.31. The molecule has 1 N–H and O–H groups in total. The SMILES string of the molecule is CCOC(=O)C(C)CNCCCC(F)(F)F. The summed E-state index contributed by atoms with van der Waals surface area (Å²) in [7, 11) is 0. The normalized spacial score (nSPS) is 13.6. The van der Waals surface area contributed by atoms with Gasteiger partial charge in [0.15, 0.2) is 0 Å². The Labute approximate surface area is 93.3 Å². The van der Waals surface area contributed by atoms with E-state index in [4.69, 9.17) is 4.74 Å². The lowest BCUT2D eigenvalue weighted by atomic mass is 10.2. The number of nitrogens with one attached hydrogen (secondary N) is 1. The zero-order valence-electron chi connectivity index (χ0n) is 9.56. The van der Waals surface area contributed by atoms with Gasteiger partial charge in [0.05, 0.1) is 12.5 Å². The van der Waals surface area contributed by atoms with Crippen LogP contribution in [0.3, 0.4) is 0 Å². The molecule has 96 valence electrons. The molecule has 3 nitrogen and oxygen atoms in total. The summed E-state index contributed by atoms with van der Waals surface area (Å²) in [6.45, 7) is 4.30. The van der Waals surface area contributed by atoms with Crippen LogP contribution in [0.25, 0.3) is 0 Å². The number of carbonyl (C=O) groups is 1. The maximum Gasteiger partial charge on any atom is 0.389 e. The van der Waals surface area contributed by atoms with E-state index in [2.05, 4.69) is 5.32 Å². The van der Waals surface area contributed by atoms with Crippen molar-refractivity contribution in [3.63, 3.8) is 0 Å². The highest BCUT2D eigenvalue weighted by Gasteiger charge is 2.25. The molecule has 0 aromatic carbocycles. The molecule has 0 aliphatic rings. The van der Waals surface area contributed by atoms with Crippen LogP contribution in [0.1, 0.15) is 26.7 Å². The second-order valence-corrected chi connectivity index (χ2v) is 3.58. The Balaban J connectivity index is 3.48. The minimum atomic E-state index is -4.10. The van der Waals surface area contributed by atoms with Gasteiger partial charge in [-0.25, -0.2) is 0 Å². The van der Waals surface area contributed by atoms with Gasteiger partial charge in [-0.3, -0.25) is 4.79 Å². The first-order valence-electron chi connectivity index (χ1n) is 5.31. The lowest BCUT2D eigenvalue weighted by Crippen LogP contribution is -2.29. The van der Waals surface area contributed by atoms with E-state index in [9.17, 15) is 18.0 Å². The summed E-state index contributed by atoms with van der Waals surface area (Å²) in [5.74, 6) is -0.656. The van der Waals surface area contributed by atoms with E-state index in [1.807, 2.05) is 0 Å². The third-order valence-electron chi connectivity index (χ3n) is 1.95. The molecule has 16 heavy (non-hydrogen) atoms. The number of esters is 1. The number of carbonyl (C=O) groups excluding carboxylic acids is 1. The fourth-order valence-corrected chi connectivity index (χ4v) is 1.10. The van der Waals surface area contributed by atoms with Crippen LogP contribution in [-0.2, 0) is 9.53 Å². The summed E-state index contributed by atoms with van der Waals surface area (Å²) in [6.07, 6.45) is -4.87. The van der Waals surface area contributed by atoms with Gasteiger partial charge in [-0.1, -0.05) is 6.92 Å². The molecule has 1 unspecified atom stereocenters. The fourth-order valence-electron chi connectivity index (χ4n) is 1.10. The van der Waals surface area contributed by atoms with E-state index >= 15 is 0 Å². The molecule has 0 aliphatic heterocycles. The van der Waals surface area contributed by atoms with Gasteiger partial charge in [0, 0.05) is 13.0 Å². The summed E-state index contributed by atoms with van der Waals surface area (Å²) < 4.78 is 40.1. The second-order valence-electron chi connectivity index (χ2n) is 3.58. The molecule has 0 saturated carbocycles. The molecular weight excluding hydrogens is 223 g/mol. The van der Waals surface area contributed by atoms with Crippen LogP contribution in [0, 0.1) is 5.92 Å². The van der Waals surface area contributed by atoms with Crippen molar-refractivity contribution < 1.29 is 22.7 Å². The average molecular weight is 241 g/mol. The van der Waals surface area contributed by atoms with Crippen LogP contribution < -0.4 is 5.32 Å². The molecule has 0 spiro atoms.